The number of aryl methyl sites for hydroxylation is 1. The van der Waals surface area contributed by atoms with Crippen molar-refractivity contribution in [3.63, 3.8) is 0 Å². The highest BCUT2D eigenvalue weighted by atomic mass is 35.5. The van der Waals surface area contributed by atoms with E-state index in [9.17, 15) is 4.79 Å². The molecule has 2 aliphatic heterocycles. The van der Waals surface area contributed by atoms with Gasteiger partial charge in [-0.3, -0.25) is 9.48 Å². The maximum Gasteiger partial charge on any atom is 0.276 e. The highest BCUT2D eigenvalue weighted by molar-refractivity contribution is 6.34. The van der Waals surface area contributed by atoms with Gasteiger partial charge in [0.15, 0.2) is 5.69 Å². The van der Waals surface area contributed by atoms with Crippen LogP contribution in [-0.4, -0.2) is 57.7 Å². The van der Waals surface area contributed by atoms with Gasteiger partial charge in [-0.15, -0.1) is 0 Å². The number of amides is 1. The number of carbonyl (C=O) groups excluding carboxylic acids is 1. The highest BCUT2D eigenvalue weighted by Gasteiger charge is 2.40. The standard InChI is InChI=1S/C13H20ClN5O/c1-13(15)7-18(8-13)12(20)11-10(14)9-6-17(2)4-3-5-19(9)16-11/h3-8,15H2,1-2H3. The molecule has 0 bridgehead atoms. The first-order chi connectivity index (χ1) is 9.37. The molecule has 3 heterocycles. The van der Waals surface area contributed by atoms with E-state index in [0.717, 1.165) is 31.7 Å². The van der Waals surface area contributed by atoms with Crippen molar-refractivity contribution < 1.29 is 4.79 Å². The Kier molecular flexibility index (Phi) is 3.27. The number of aromatic nitrogens is 2. The van der Waals surface area contributed by atoms with Crippen molar-refractivity contribution in [2.45, 2.75) is 32.0 Å². The third kappa shape index (κ3) is 2.32. The molecule has 1 aromatic rings. The molecule has 7 heteroatoms. The van der Waals surface area contributed by atoms with Gasteiger partial charge in [-0.2, -0.15) is 5.10 Å². The predicted molar refractivity (Wildman–Crippen MR) is 76.7 cm³/mol. The van der Waals surface area contributed by atoms with Crippen molar-refractivity contribution >= 4 is 17.5 Å². The zero-order valence-electron chi connectivity index (χ0n) is 11.9. The Bertz CT molecular complexity index is 545. The Labute approximate surface area is 123 Å². The fourth-order valence-electron chi connectivity index (χ4n) is 2.89. The topological polar surface area (TPSA) is 67.4 Å². The number of likely N-dealkylation sites (tertiary alicyclic amines) is 1. The average Bonchev–Trinajstić information content (AvgIpc) is 2.54. The van der Waals surface area contributed by atoms with Gasteiger partial charge in [-0.05, 0) is 20.4 Å². The first kappa shape index (κ1) is 13.9. The molecule has 1 aromatic heterocycles. The third-order valence-corrected chi connectivity index (χ3v) is 4.31. The lowest BCUT2D eigenvalue weighted by molar-refractivity contribution is 0.0447. The molecule has 0 saturated carbocycles. The summed E-state index contributed by atoms with van der Waals surface area (Å²) < 4.78 is 1.88. The van der Waals surface area contributed by atoms with E-state index in [0.29, 0.717) is 23.8 Å². The quantitative estimate of drug-likeness (QED) is 0.822. The van der Waals surface area contributed by atoms with Gasteiger partial charge in [0.1, 0.15) is 0 Å². The largest absolute Gasteiger partial charge is 0.333 e. The van der Waals surface area contributed by atoms with Crippen LogP contribution in [0.15, 0.2) is 0 Å². The van der Waals surface area contributed by atoms with Gasteiger partial charge in [0.2, 0.25) is 0 Å². The number of nitrogens with two attached hydrogens (primary N) is 1. The highest BCUT2D eigenvalue weighted by Crippen LogP contribution is 2.28. The van der Waals surface area contributed by atoms with Crippen molar-refractivity contribution in [1.82, 2.24) is 19.6 Å². The summed E-state index contributed by atoms with van der Waals surface area (Å²) in [5.74, 6) is -0.110. The van der Waals surface area contributed by atoms with Crippen LogP contribution in [0.1, 0.15) is 29.5 Å². The van der Waals surface area contributed by atoms with Crippen LogP contribution in [0.5, 0.6) is 0 Å². The normalized spacial score (nSPS) is 22.1. The lowest BCUT2D eigenvalue weighted by atomic mass is 9.93. The monoisotopic (exact) mass is 297 g/mol. The molecule has 110 valence electrons. The molecule has 1 amide bonds. The van der Waals surface area contributed by atoms with E-state index in [-0.39, 0.29) is 11.4 Å². The second-order valence-corrected chi connectivity index (χ2v) is 6.62. The Balaban J connectivity index is 1.85. The van der Waals surface area contributed by atoms with Gasteiger partial charge < -0.3 is 15.5 Å². The summed E-state index contributed by atoms with van der Waals surface area (Å²) in [6.07, 6.45) is 1.01. The summed E-state index contributed by atoms with van der Waals surface area (Å²) in [7, 11) is 2.05. The maximum absolute atomic E-state index is 12.4. The molecule has 6 nitrogen and oxygen atoms in total. The summed E-state index contributed by atoms with van der Waals surface area (Å²) in [6.45, 7) is 5.61. The summed E-state index contributed by atoms with van der Waals surface area (Å²) in [5.41, 5.74) is 6.97. The second kappa shape index (κ2) is 4.72. The van der Waals surface area contributed by atoms with Crippen LogP contribution in [-0.2, 0) is 13.1 Å². The van der Waals surface area contributed by atoms with E-state index in [1.54, 1.807) is 4.90 Å². The lowest BCUT2D eigenvalue weighted by Gasteiger charge is -2.45. The zero-order chi connectivity index (χ0) is 14.5. The fraction of sp³-hybridized carbons (Fsp3) is 0.692. The molecule has 20 heavy (non-hydrogen) atoms. The van der Waals surface area contributed by atoms with Gasteiger partial charge in [0.25, 0.3) is 5.91 Å². The minimum absolute atomic E-state index is 0.110. The minimum Gasteiger partial charge on any atom is -0.333 e. The molecule has 3 rings (SSSR count). The number of halogens is 1. The summed E-state index contributed by atoms with van der Waals surface area (Å²) in [4.78, 5) is 16.3. The van der Waals surface area contributed by atoms with Gasteiger partial charge in [-0.1, -0.05) is 11.6 Å². The molecule has 2 aliphatic rings. The Morgan fingerprint density at radius 1 is 1.40 bits per heavy atom. The number of fused-ring (bicyclic) bond motifs is 1. The van der Waals surface area contributed by atoms with Gasteiger partial charge in [0, 0.05) is 38.3 Å². The van der Waals surface area contributed by atoms with E-state index in [1.807, 2.05) is 11.6 Å². The van der Waals surface area contributed by atoms with Crippen molar-refractivity contribution in [3.8, 4) is 0 Å². The number of carbonyl (C=O) groups is 1. The molecular formula is C13H20ClN5O. The van der Waals surface area contributed by atoms with E-state index >= 15 is 0 Å². The molecule has 0 aromatic carbocycles. The van der Waals surface area contributed by atoms with Gasteiger partial charge in [-0.25, -0.2) is 0 Å². The van der Waals surface area contributed by atoms with Gasteiger partial charge in [0.05, 0.1) is 10.7 Å². The molecule has 1 saturated heterocycles. The Morgan fingerprint density at radius 2 is 2.10 bits per heavy atom. The smallest absolute Gasteiger partial charge is 0.276 e. The van der Waals surface area contributed by atoms with Crippen LogP contribution in [0.3, 0.4) is 0 Å². The van der Waals surface area contributed by atoms with Crippen LogP contribution < -0.4 is 5.73 Å². The summed E-state index contributed by atoms with van der Waals surface area (Å²) in [6, 6.07) is 0. The number of nitrogens with zero attached hydrogens (tertiary/aromatic N) is 4. The van der Waals surface area contributed by atoms with E-state index in [1.165, 1.54) is 0 Å². The molecule has 0 spiro atoms. The first-order valence-corrected chi connectivity index (χ1v) is 7.27. The van der Waals surface area contributed by atoms with E-state index < -0.39 is 0 Å². The predicted octanol–water partition coefficient (Wildman–Crippen LogP) is 0.545. The molecule has 1 fully saturated rings. The van der Waals surface area contributed by atoms with Crippen molar-refractivity contribution in [2.75, 3.05) is 26.7 Å². The number of hydrogen-bond acceptors (Lipinski definition) is 4. The van der Waals surface area contributed by atoms with Crippen LogP contribution in [0.25, 0.3) is 0 Å². The lowest BCUT2D eigenvalue weighted by Crippen LogP contribution is -2.66. The minimum atomic E-state index is -0.279. The summed E-state index contributed by atoms with van der Waals surface area (Å²) >= 11 is 6.38. The summed E-state index contributed by atoms with van der Waals surface area (Å²) in [5, 5.41) is 4.92. The average molecular weight is 298 g/mol. The first-order valence-electron chi connectivity index (χ1n) is 6.89. The van der Waals surface area contributed by atoms with Crippen molar-refractivity contribution in [1.29, 1.82) is 0 Å². The van der Waals surface area contributed by atoms with Crippen LogP contribution >= 0.6 is 11.6 Å². The second-order valence-electron chi connectivity index (χ2n) is 6.24. The fourth-order valence-corrected chi connectivity index (χ4v) is 3.17. The molecule has 0 atom stereocenters. The van der Waals surface area contributed by atoms with E-state index in [4.69, 9.17) is 17.3 Å². The van der Waals surface area contributed by atoms with Crippen molar-refractivity contribution in [2.24, 2.45) is 5.73 Å². The van der Waals surface area contributed by atoms with Crippen LogP contribution in [0.2, 0.25) is 5.02 Å². The van der Waals surface area contributed by atoms with Crippen molar-refractivity contribution in [3.05, 3.63) is 16.4 Å². The zero-order valence-corrected chi connectivity index (χ0v) is 12.7. The maximum atomic E-state index is 12.4. The van der Waals surface area contributed by atoms with E-state index in [2.05, 4.69) is 17.0 Å². The molecule has 0 unspecified atom stereocenters. The number of hydrogen-bond donors (Lipinski definition) is 1. The van der Waals surface area contributed by atoms with Crippen LogP contribution in [0, 0.1) is 0 Å². The number of rotatable bonds is 1. The molecule has 0 aliphatic carbocycles. The SMILES string of the molecule is CN1CCCn2nc(C(=O)N3CC(C)(N)C3)c(Cl)c2C1. The Hall–Kier alpha value is -1.11. The van der Waals surface area contributed by atoms with Gasteiger partial charge >= 0.3 is 0 Å². The Morgan fingerprint density at radius 3 is 2.75 bits per heavy atom. The molecular weight excluding hydrogens is 278 g/mol. The van der Waals surface area contributed by atoms with Crippen LogP contribution in [0.4, 0.5) is 0 Å². The molecule has 0 radical (unpaired) electrons. The molecule has 2 N–H and O–H groups in total. The third-order valence-electron chi connectivity index (χ3n) is 3.92.